The number of nitrogens with one attached hydrogen (secondary N) is 1. The third kappa shape index (κ3) is 4.08. The zero-order valence-corrected chi connectivity index (χ0v) is 19.4. The molecule has 2 heterocycles. The zero-order valence-electron chi connectivity index (χ0n) is 17.0. The molecule has 2 aliphatic rings. The number of anilines is 1. The van der Waals surface area contributed by atoms with Crippen molar-refractivity contribution in [3.63, 3.8) is 0 Å². The van der Waals surface area contributed by atoms with Gasteiger partial charge < -0.3 is 19.9 Å². The molecule has 1 aliphatic carbocycles. The molecule has 1 aliphatic heterocycles. The lowest BCUT2D eigenvalue weighted by Gasteiger charge is -2.16. The number of hydrogen-bond acceptors (Lipinski definition) is 7. The Bertz CT molecular complexity index is 1150. The van der Waals surface area contributed by atoms with Gasteiger partial charge in [0.05, 0.1) is 17.3 Å². The van der Waals surface area contributed by atoms with Crippen LogP contribution in [0.4, 0.5) is 5.13 Å². The Morgan fingerprint density at radius 3 is 2.84 bits per heavy atom. The molecule has 0 radical (unpaired) electrons. The number of rotatable bonds is 8. The summed E-state index contributed by atoms with van der Waals surface area (Å²) in [6.07, 6.45) is 3.34. The summed E-state index contributed by atoms with van der Waals surface area (Å²) in [6.45, 7) is 0.285. The van der Waals surface area contributed by atoms with Crippen molar-refractivity contribution in [1.82, 2.24) is 4.98 Å². The molecule has 9 heteroatoms. The Labute approximate surface area is 198 Å². The number of nitrogens with zero attached hydrogens (tertiary/aromatic N) is 1. The highest BCUT2D eigenvalue weighted by Crippen LogP contribution is 2.51. The van der Waals surface area contributed by atoms with Crippen molar-refractivity contribution in [2.75, 3.05) is 24.5 Å². The highest BCUT2D eigenvalue weighted by molar-refractivity contribution is 7.99. The van der Waals surface area contributed by atoms with Crippen LogP contribution in [0.25, 0.3) is 0 Å². The second kappa shape index (κ2) is 8.94. The molecule has 1 unspecified atom stereocenters. The van der Waals surface area contributed by atoms with E-state index in [1.807, 2.05) is 42.5 Å². The van der Waals surface area contributed by atoms with Gasteiger partial charge in [0.1, 0.15) is 0 Å². The number of ether oxygens (including phenoxy) is 2. The predicted octanol–water partition coefficient (Wildman–Crippen LogP) is 5.01. The molecule has 1 saturated carbocycles. The molecule has 0 spiro atoms. The molecule has 3 aromatic rings. The van der Waals surface area contributed by atoms with Gasteiger partial charge in [-0.05, 0) is 42.2 Å². The summed E-state index contributed by atoms with van der Waals surface area (Å²) >= 11 is 9.47. The van der Waals surface area contributed by atoms with Crippen LogP contribution in [0.5, 0.6) is 11.5 Å². The number of hydrogen-bond donors (Lipinski definition) is 2. The van der Waals surface area contributed by atoms with Crippen molar-refractivity contribution in [3.8, 4) is 11.5 Å². The van der Waals surface area contributed by atoms with E-state index in [0.29, 0.717) is 27.4 Å². The third-order valence-corrected chi connectivity index (χ3v) is 8.41. The number of carbonyl (C=O) groups excluding carboxylic acids is 1. The van der Waals surface area contributed by atoms with Crippen molar-refractivity contribution in [2.24, 2.45) is 0 Å². The molecule has 1 amide bonds. The first kappa shape index (κ1) is 21.6. The normalized spacial score (nSPS) is 16.6. The number of thiazole rings is 1. The maximum Gasteiger partial charge on any atom is 0.236 e. The molecule has 166 valence electrons. The van der Waals surface area contributed by atoms with Gasteiger partial charge in [-0.1, -0.05) is 35.9 Å². The number of aliphatic hydroxyl groups is 1. The SMILES string of the molecule is O=C(Nc1ncc(C(SCCO)c2ccccc2Cl)s1)C1(c2ccc3c(c2)OCO3)CC1. The average molecular weight is 489 g/mol. The van der Waals surface area contributed by atoms with Crippen molar-refractivity contribution in [2.45, 2.75) is 23.5 Å². The lowest BCUT2D eigenvalue weighted by atomic mass is 9.94. The summed E-state index contributed by atoms with van der Waals surface area (Å²) in [5.41, 5.74) is 1.34. The van der Waals surface area contributed by atoms with Gasteiger partial charge in [0.2, 0.25) is 12.7 Å². The van der Waals surface area contributed by atoms with E-state index in [0.717, 1.165) is 28.8 Å². The van der Waals surface area contributed by atoms with Crippen molar-refractivity contribution >= 4 is 45.7 Å². The highest BCUT2D eigenvalue weighted by Gasteiger charge is 2.52. The molecular weight excluding hydrogens is 468 g/mol. The van der Waals surface area contributed by atoms with Crippen LogP contribution in [0.15, 0.2) is 48.7 Å². The fraction of sp³-hybridized carbons (Fsp3) is 0.304. The first-order valence-corrected chi connectivity index (χ1v) is 12.5. The van der Waals surface area contributed by atoms with Gasteiger partial charge in [-0.2, -0.15) is 0 Å². The molecule has 6 nitrogen and oxygen atoms in total. The largest absolute Gasteiger partial charge is 0.454 e. The highest BCUT2D eigenvalue weighted by atomic mass is 35.5. The van der Waals surface area contributed by atoms with Gasteiger partial charge in [0, 0.05) is 21.8 Å². The molecule has 0 bridgehead atoms. The standard InChI is InChI=1S/C23H21ClN2O4S2/c24-16-4-2-1-3-15(16)20(31-10-9-27)19-12-25-22(32-19)26-21(28)23(7-8-23)14-5-6-17-18(11-14)30-13-29-17/h1-6,11-12,20,27H,7-10,13H2,(H,25,26,28). The quantitative estimate of drug-likeness (QED) is 0.464. The molecule has 1 atom stereocenters. The van der Waals surface area contributed by atoms with Crippen molar-refractivity contribution in [1.29, 1.82) is 0 Å². The second-order valence-corrected chi connectivity index (χ2v) is 10.4. The Kier molecular flexibility index (Phi) is 6.03. The first-order valence-electron chi connectivity index (χ1n) is 10.2. The summed E-state index contributed by atoms with van der Waals surface area (Å²) in [5, 5.41) is 13.5. The Morgan fingerprint density at radius 1 is 1.25 bits per heavy atom. The van der Waals surface area contributed by atoms with Crippen molar-refractivity contribution in [3.05, 3.63) is 69.7 Å². The van der Waals surface area contributed by atoms with E-state index in [4.69, 9.17) is 21.1 Å². The van der Waals surface area contributed by atoms with Crippen LogP contribution in [0.3, 0.4) is 0 Å². The van der Waals surface area contributed by atoms with E-state index < -0.39 is 5.41 Å². The topological polar surface area (TPSA) is 80.7 Å². The molecule has 1 fully saturated rings. The van der Waals surface area contributed by atoms with Gasteiger partial charge in [-0.3, -0.25) is 4.79 Å². The maximum atomic E-state index is 13.2. The van der Waals surface area contributed by atoms with E-state index >= 15 is 0 Å². The summed E-state index contributed by atoms with van der Waals surface area (Å²) in [7, 11) is 0. The van der Waals surface area contributed by atoms with Crippen LogP contribution < -0.4 is 14.8 Å². The minimum absolute atomic E-state index is 0.0606. The molecule has 2 N–H and O–H groups in total. The van der Waals surface area contributed by atoms with Gasteiger partial charge in [0.15, 0.2) is 16.6 Å². The van der Waals surface area contributed by atoms with Crippen LogP contribution >= 0.6 is 34.7 Å². The van der Waals surface area contributed by atoms with E-state index in [9.17, 15) is 9.90 Å². The molecule has 5 rings (SSSR count). The number of halogens is 1. The third-order valence-electron chi connectivity index (χ3n) is 5.68. The lowest BCUT2D eigenvalue weighted by Crippen LogP contribution is -2.27. The molecule has 1 aromatic heterocycles. The minimum atomic E-state index is -0.555. The van der Waals surface area contributed by atoms with E-state index in [-0.39, 0.29) is 24.6 Å². The van der Waals surface area contributed by atoms with Crippen LogP contribution in [0.2, 0.25) is 5.02 Å². The van der Waals surface area contributed by atoms with E-state index in [2.05, 4.69) is 10.3 Å². The summed E-state index contributed by atoms with van der Waals surface area (Å²) in [5.74, 6) is 1.90. The van der Waals surface area contributed by atoms with Crippen LogP contribution in [0.1, 0.15) is 34.1 Å². The fourth-order valence-electron chi connectivity index (χ4n) is 3.83. The van der Waals surface area contributed by atoms with E-state index in [1.54, 1.807) is 18.0 Å². The second-order valence-electron chi connectivity index (χ2n) is 7.67. The van der Waals surface area contributed by atoms with Gasteiger partial charge >= 0.3 is 0 Å². The van der Waals surface area contributed by atoms with Gasteiger partial charge in [-0.25, -0.2) is 4.98 Å². The lowest BCUT2D eigenvalue weighted by molar-refractivity contribution is -0.118. The predicted molar refractivity (Wildman–Crippen MR) is 127 cm³/mol. The number of fused-ring (bicyclic) bond motifs is 1. The number of benzene rings is 2. The first-order chi connectivity index (χ1) is 15.6. The average Bonchev–Trinajstić information content (AvgIpc) is 3.26. The summed E-state index contributed by atoms with van der Waals surface area (Å²) in [4.78, 5) is 18.6. The number of amides is 1. The van der Waals surface area contributed by atoms with Gasteiger partial charge in [0.25, 0.3) is 0 Å². The number of aromatic nitrogens is 1. The molecular formula is C23H21ClN2O4S2. The molecule has 2 aromatic carbocycles. The van der Waals surface area contributed by atoms with Gasteiger partial charge in [-0.15, -0.1) is 23.1 Å². The number of thioether (sulfide) groups is 1. The van der Waals surface area contributed by atoms with E-state index in [1.165, 1.54) is 11.3 Å². The zero-order chi connectivity index (χ0) is 22.1. The van der Waals surface area contributed by atoms with Crippen LogP contribution in [-0.2, 0) is 10.2 Å². The Balaban J connectivity index is 1.35. The minimum Gasteiger partial charge on any atom is -0.454 e. The van der Waals surface area contributed by atoms with Crippen molar-refractivity contribution < 1.29 is 19.4 Å². The van der Waals surface area contributed by atoms with Crippen LogP contribution in [0, 0.1) is 0 Å². The molecule has 32 heavy (non-hydrogen) atoms. The summed E-state index contributed by atoms with van der Waals surface area (Å²) in [6, 6.07) is 13.4. The Hall–Kier alpha value is -2.26. The maximum absolute atomic E-state index is 13.2. The smallest absolute Gasteiger partial charge is 0.236 e. The number of aliphatic hydroxyl groups excluding tert-OH is 1. The Morgan fingerprint density at radius 2 is 2.06 bits per heavy atom. The summed E-state index contributed by atoms with van der Waals surface area (Å²) < 4.78 is 10.9. The fourth-order valence-corrected chi connectivity index (χ4v) is 6.25. The number of carbonyl (C=O) groups is 1. The monoisotopic (exact) mass is 488 g/mol. The molecule has 0 saturated heterocycles. The van der Waals surface area contributed by atoms with Crippen LogP contribution in [-0.4, -0.2) is 35.2 Å².